The van der Waals surface area contributed by atoms with Gasteiger partial charge in [-0.15, -0.1) is 0 Å². The third kappa shape index (κ3) is 22.6. The molecule has 0 bridgehead atoms. The van der Waals surface area contributed by atoms with Gasteiger partial charge in [-0.1, -0.05) is 249 Å². The molecule has 0 aromatic heterocycles. The molecular formula is C51H88O3Si. The van der Waals surface area contributed by atoms with E-state index in [4.69, 9.17) is 13.9 Å². The average Bonchev–Trinajstić information content (AvgIpc) is 3.19. The molecular weight excluding hydrogens is 689 g/mol. The highest BCUT2D eigenvalue weighted by atomic mass is 28.4. The molecule has 55 heavy (non-hydrogen) atoms. The largest absolute Gasteiger partial charge is 0.499 e. The zero-order valence-electron chi connectivity index (χ0n) is 36.9. The zero-order chi connectivity index (χ0) is 39.6. The highest BCUT2D eigenvalue weighted by molar-refractivity contribution is 6.99. The van der Waals surface area contributed by atoms with Crippen molar-refractivity contribution in [1.29, 1.82) is 0 Å². The predicted molar refractivity (Wildman–Crippen MR) is 244 cm³/mol. The van der Waals surface area contributed by atoms with Crippen LogP contribution in [0.5, 0.6) is 0 Å². The van der Waals surface area contributed by atoms with Crippen LogP contribution in [0.2, 0.25) is 5.04 Å². The molecule has 4 heteroatoms. The fraction of sp³-hybridized carbons (Fsp3) is 0.725. The molecule has 0 fully saturated rings. The Labute approximate surface area is 343 Å². The van der Waals surface area contributed by atoms with Crippen LogP contribution >= 0.6 is 0 Å². The van der Waals surface area contributed by atoms with Crippen LogP contribution in [0.1, 0.15) is 208 Å². The SMILES string of the molecule is CCCCCCCCCCCCCC/C=C\OCC(CO[Si](c1ccccc1)(c1ccccc1)C(C)(C)C)OCCCCCCCCCCCCCCCC. The van der Waals surface area contributed by atoms with Crippen molar-refractivity contribution >= 4 is 18.7 Å². The molecule has 0 N–H and O–H groups in total. The zero-order valence-corrected chi connectivity index (χ0v) is 37.9. The van der Waals surface area contributed by atoms with Crippen LogP contribution in [0.4, 0.5) is 0 Å². The number of allylic oxidation sites excluding steroid dienone is 1. The van der Waals surface area contributed by atoms with E-state index in [2.05, 4.69) is 101 Å². The topological polar surface area (TPSA) is 27.7 Å². The second-order valence-corrected chi connectivity index (χ2v) is 21.8. The Morgan fingerprint density at radius 1 is 0.491 bits per heavy atom. The van der Waals surface area contributed by atoms with Gasteiger partial charge >= 0.3 is 0 Å². The Morgan fingerprint density at radius 3 is 1.27 bits per heavy atom. The average molecular weight is 777 g/mol. The number of benzene rings is 2. The first-order valence-corrected chi connectivity index (χ1v) is 25.5. The van der Waals surface area contributed by atoms with Gasteiger partial charge in [0, 0.05) is 6.61 Å². The van der Waals surface area contributed by atoms with Crippen LogP contribution in [0.15, 0.2) is 73.0 Å². The fourth-order valence-electron chi connectivity index (χ4n) is 8.07. The number of hydrogen-bond donors (Lipinski definition) is 0. The van der Waals surface area contributed by atoms with Crippen LogP contribution in [0.25, 0.3) is 0 Å². The van der Waals surface area contributed by atoms with Gasteiger partial charge in [0.05, 0.1) is 12.9 Å². The van der Waals surface area contributed by atoms with Gasteiger partial charge in [0.1, 0.15) is 12.7 Å². The Kier molecular flexibility index (Phi) is 29.7. The third-order valence-electron chi connectivity index (χ3n) is 11.5. The molecule has 0 heterocycles. The minimum absolute atomic E-state index is 0.0656. The van der Waals surface area contributed by atoms with Crippen LogP contribution in [-0.4, -0.2) is 34.2 Å². The number of ether oxygens (including phenoxy) is 2. The molecule has 0 aliphatic heterocycles. The van der Waals surface area contributed by atoms with Crippen molar-refractivity contribution in [3.05, 3.63) is 73.0 Å². The molecule has 0 aliphatic rings. The standard InChI is InChI=1S/C51H88O3Si/c1-6-8-10-12-14-16-18-20-22-24-26-28-30-38-44-52-46-48(53-45-39-31-29-27-25-23-21-19-17-15-13-11-9-7-2)47-54-55(51(3,4)5,49-40-34-32-35-41-49)50-42-36-33-37-43-50/h32-38,40-44,48H,6-31,39,45-47H2,1-5H3/b44-38-. The van der Waals surface area contributed by atoms with E-state index in [9.17, 15) is 0 Å². The highest BCUT2D eigenvalue weighted by Crippen LogP contribution is 2.37. The minimum Gasteiger partial charge on any atom is -0.499 e. The Hall–Kier alpha value is -1.88. The van der Waals surface area contributed by atoms with Gasteiger partial charge in [0.25, 0.3) is 8.32 Å². The molecule has 314 valence electrons. The first kappa shape index (κ1) is 49.3. The summed E-state index contributed by atoms with van der Waals surface area (Å²) in [6.07, 6.45) is 40.8. The third-order valence-corrected chi connectivity index (χ3v) is 16.5. The molecule has 0 radical (unpaired) electrons. The number of hydrogen-bond acceptors (Lipinski definition) is 3. The maximum absolute atomic E-state index is 7.29. The normalized spacial score (nSPS) is 12.8. The molecule has 0 aliphatic carbocycles. The number of unbranched alkanes of at least 4 members (excludes halogenated alkanes) is 25. The number of rotatable bonds is 37. The minimum atomic E-state index is -2.65. The summed E-state index contributed by atoms with van der Waals surface area (Å²) >= 11 is 0. The van der Waals surface area contributed by atoms with Gasteiger partial charge in [-0.05, 0) is 40.8 Å². The molecule has 2 aromatic carbocycles. The Balaban J connectivity index is 1.82. The van der Waals surface area contributed by atoms with E-state index in [-0.39, 0.29) is 11.1 Å². The van der Waals surface area contributed by atoms with E-state index in [0.717, 1.165) is 19.4 Å². The van der Waals surface area contributed by atoms with Crippen molar-refractivity contribution in [2.45, 2.75) is 219 Å². The van der Waals surface area contributed by atoms with Gasteiger partial charge in [-0.2, -0.15) is 0 Å². The highest BCUT2D eigenvalue weighted by Gasteiger charge is 2.50. The van der Waals surface area contributed by atoms with Crippen molar-refractivity contribution in [1.82, 2.24) is 0 Å². The molecule has 1 unspecified atom stereocenters. The molecule has 2 aromatic rings. The van der Waals surface area contributed by atoms with Crippen LogP contribution < -0.4 is 10.4 Å². The quantitative estimate of drug-likeness (QED) is 0.0389. The summed E-state index contributed by atoms with van der Waals surface area (Å²) in [4.78, 5) is 0. The van der Waals surface area contributed by atoms with Crippen molar-refractivity contribution in [3.8, 4) is 0 Å². The summed E-state index contributed by atoms with van der Waals surface area (Å²) in [5, 5.41) is 2.55. The molecule has 1 atom stereocenters. The molecule has 3 nitrogen and oxygen atoms in total. The second-order valence-electron chi connectivity index (χ2n) is 17.4. The van der Waals surface area contributed by atoms with Crippen molar-refractivity contribution in [2.75, 3.05) is 19.8 Å². The van der Waals surface area contributed by atoms with E-state index >= 15 is 0 Å². The van der Waals surface area contributed by atoms with Gasteiger partial charge in [0.15, 0.2) is 0 Å². The Morgan fingerprint density at radius 2 is 0.873 bits per heavy atom. The van der Waals surface area contributed by atoms with E-state index in [1.165, 1.54) is 171 Å². The lowest BCUT2D eigenvalue weighted by Gasteiger charge is -2.43. The lowest BCUT2D eigenvalue weighted by atomic mass is 10.0. The monoisotopic (exact) mass is 777 g/mol. The molecule has 0 amide bonds. The van der Waals surface area contributed by atoms with Gasteiger partial charge in [0.2, 0.25) is 0 Å². The summed E-state index contributed by atoms with van der Waals surface area (Å²) in [6.45, 7) is 13.4. The van der Waals surface area contributed by atoms with Crippen LogP contribution in [0, 0.1) is 0 Å². The summed E-state index contributed by atoms with van der Waals surface area (Å²) in [6, 6.07) is 21.9. The molecule has 0 saturated carbocycles. The van der Waals surface area contributed by atoms with Gasteiger partial charge in [-0.3, -0.25) is 0 Å². The van der Waals surface area contributed by atoms with Gasteiger partial charge < -0.3 is 13.9 Å². The van der Waals surface area contributed by atoms with Crippen molar-refractivity contribution < 1.29 is 13.9 Å². The van der Waals surface area contributed by atoms with E-state index < -0.39 is 8.32 Å². The Bertz CT molecular complexity index is 1090. The summed E-state index contributed by atoms with van der Waals surface area (Å²) in [7, 11) is -2.65. The molecule has 2 rings (SSSR count). The summed E-state index contributed by atoms with van der Waals surface area (Å²) in [5.74, 6) is 0. The van der Waals surface area contributed by atoms with Crippen molar-refractivity contribution in [3.63, 3.8) is 0 Å². The maximum Gasteiger partial charge on any atom is 0.261 e. The second kappa shape index (κ2) is 33.1. The maximum atomic E-state index is 7.29. The van der Waals surface area contributed by atoms with E-state index in [0.29, 0.717) is 13.2 Å². The predicted octanol–water partition coefficient (Wildman–Crippen LogP) is 15.1. The summed E-state index contributed by atoms with van der Waals surface area (Å²) in [5.41, 5.74) is 0. The van der Waals surface area contributed by atoms with E-state index in [1.807, 2.05) is 6.26 Å². The molecule has 0 spiro atoms. The first-order valence-electron chi connectivity index (χ1n) is 23.6. The van der Waals surface area contributed by atoms with E-state index in [1.54, 1.807) is 0 Å². The van der Waals surface area contributed by atoms with Crippen LogP contribution in [0.3, 0.4) is 0 Å². The smallest absolute Gasteiger partial charge is 0.261 e. The van der Waals surface area contributed by atoms with Crippen molar-refractivity contribution in [2.24, 2.45) is 0 Å². The first-order chi connectivity index (χ1) is 27.0. The molecule has 0 saturated heterocycles. The van der Waals surface area contributed by atoms with Crippen LogP contribution in [-0.2, 0) is 13.9 Å². The lowest BCUT2D eigenvalue weighted by Crippen LogP contribution is -2.67. The summed E-state index contributed by atoms with van der Waals surface area (Å²) < 4.78 is 20.1. The lowest BCUT2D eigenvalue weighted by molar-refractivity contribution is -0.0207. The van der Waals surface area contributed by atoms with Gasteiger partial charge in [-0.25, -0.2) is 0 Å². The fourth-order valence-corrected chi connectivity index (χ4v) is 12.7.